The predicted molar refractivity (Wildman–Crippen MR) is 82.2 cm³/mol. The molecule has 2 heterocycles. The Morgan fingerprint density at radius 2 is 1.95 bits per heavy atom. The van der Waals surface area contributed by atoms with Gasteiger partial charge in [0.2, 0.25) is 0 Å². The highest BCUT2D eigenvalue weighted by molar-refractivity contribution is 5.66. The summed E-state index contributed by atoms with van der Waals surface area (Å²) in [5, 5.41) is 9.30. The molecule has 2 aliphatic heterocycles. The van der Waals surface area contributed by atoms with Gasteiger partial charge in [-0.15, -0.1) is 0 Å². The molecule has 1 aromatic carbocycles. The van der Waals surface area contributed by atoms with Gasteiger partial charge in [-0.3, -0.25) is 0 Å². The van der Waals surface area contributed by atoms with E-state index >= 15 is 0 Å². The van der Waals surface area contributed by atoms with Crippen molar-refractivity contribution in [2.75, 3.05) is 7.11 Å². The number of carbonyl (C=O) groups is 1. The van der Waals surface area contributed by atoms with E-state index in [1.54, 1.807) is 12.0 Å². The van der Waals surface area contributed by atoms with E-state index < -0.39 is 6.09 Å². The number of aryl methyl sites for hydroxylation is 1. The quantitative estimate of drug-likeness (QED) is 0.928. The average Bonchev–Trinajstić information content (AvgIpc) is 2.71. The number of hydrogen-bond acceptors (Lipinski definition) is 3. The van der Waals surface area contributed by atoms with Gasteiger partial charge in [0.25, 0.3) is 0 Å². The Morgan fingerprint density at radius 3 is 2.55 bits per heavy atom. The van der Waals surface area contributed by atoms with E-state index in [1.807, 2.05) is 19.1 Å². The maximum atomic E-state index is 11.3. The Labute approximate surface area is 130 Å². The number of piperidine rings is 1. The van der Waals surface area contributed by atoms with Crippen molar-refractivity contribution in [3.63, 3.8) is 0 Å². The van der Waals surface area contributed by atoms with Gasteiger partial charge in [-0.2, -0.15) is 0 Å². The third-order valence-electron chi connectivity index (χ3n) is 4.64. The molecule has 0 aromatic heterocycles. The molecule has 2 fully saturated rings. The molecule has 3 atom stereocenters. The number of fused-ring (bicyclic) bond motifs is 2. The first-order chi connectivity index (χ1) is 10.6. The standard InChI is InChI=1S/C17H23NO4/c1-11-5-12(10-21-2)7-15(6-11)22-16-8-13-3-4-14(9-16)18(13)17(19)20/h5-7,13-14,16H,3-4,8-10H2,1-2H3,(H,19,20)/t13-,14+,16?. The number of hydrogen-bond donors (Lipinski definition) is 1. The second-order valence-corrected chi connectivity index (χ2v) is 6.37. The molecule has 2 aliphatic rings. The smallest absolute Gasteiger partial charge is 0.407 e. The molecule has 1 unspecified atom stereocenters. The van der Waals surface area contributed by atoms with Crippen molar-refractivity contribution < 1.29 is 19.4 Å². The van der Waals surface area contributed by atoms with Crippen LogP contribution in [0.25, 0.3) is 0 Å². The summed E-state index contributed by atoms with van der Waals surface area (Å²) in [7, 11) is 1.68. The summed E-state index contributed by atoms with van der Waals surface area (Å²) in [6.07, 6.45) is 2.81. The monoisotopic (exact) mass is 305 g/mol. The fourth-order valence-electron chi connectivity index (χ4n) is 3.87. The van der Waals surface area contributed by atoms with Gasteiger partial charge in [0.05, 0.1) is 6.61 Å². The van der Waals surface area contributed by atoms with Gasteiger partial charge in [0.15, 0.2) is 0 Å². The van der Waals surface area contributed by atoms with E-state index in [-0.39, 0.29) is 18.2 Å². The molecule has 0 radical (unpaired) electrons. The van der Waals surface area contributed by atoms with Gasteiger partial charge >= 0.3 is 6.09 Å². The van der Waals surface area contributed by atoms with E-state index in [4.69, 9.17) is 9.47 Å². The molecular formula is C17H23NO4. The molecule has 0 saturated carbocycles. The van der Waals surface area contributed by atoms with Crippen LogP contribution in [0.2, 0.25) is 0 Å². The largest absolute Gasteiger partial charge is 0.490 e. The lowest BCUT2D eigenvalue weighted by molar-refractivity contribution is 0.0495. The maximum absolute atomic E-state index is 11.3. The Hall–Kier alpha value is -1.75. The minimum atomic E-state index is -0.788. The number of ether oxygens (including phenoxy) is 2. The Morgan fingerprint density at radius 1 is 1.27 bits per heavy atom. The molecule has 0 spiro atoms. The van der Waals surface area contributed by atoms with E-state index in [0.717, 1.165) is 42.6 Å². The lowest BCUT2D eigenvalue weighted by Gasteiger charge is -2.37. The molecule has 2 saturated heterocycles. The molecule has 1 N–H and O–H groups in total. The van der Waals surface area contributed by atoms with Crippen LogP contribution in [0.1, 0.15) is 36.8 Å². The van der Waals surface area contributed by atoms with E-state index in [2.05, 4.69) is 6.07 Å². The Bertz CT molecular complexity index is 546. The van der Waals surface area contributed by atoms with Crippen LogP contribution < -0.4 is 4.74 Å². The third-order valence-corrected chi connectivity index (χ3v) is 4.64. The summed E-state index contributed by atoms with van der Waals surface area (Å²) in [4.78, 5) is 12.9. The highest BCUT2D eigenvalue weighted by Crippen LogP contribution is 2.37. The molecule has 120 valence electrons. The number of amides is 1. The summed E-state index contributed by atoms with van der Waals surface area (Å²) < 4.78 is 11.3. The van der Waals surface area contributed by atoms with Crippen molar-refractivity contribution >= 4 is 6.09 Å². The molecular weight excluding hydrogens is 282 g/mol. The fourth-order valence-corrected chi connectivity index (χ4v) is 3.87. The third kappa shape index (κ3) is 3.04. The SMILES string of the molecule is COCc1cc(C)cc(OC2C[C@H]3CC[C@@H](C2)N3C(=O)O)c1. The van der Waals surface area contributed by atoms with E-state index in [9.17, 15) is 9.90 Å². The van der Waals surface area contributed by atoms with Crippen molar-refractivity contribution in [1.82, 2.24) is 4.90 Å². The van der Waals surface area contributed by atoms with Crippen LogP contribution in [0.5, 0.6) is 5.75 Å². The van der Waals surface area contributed by atoms with Crippen LogP contribution in [0.3, 0.4) is 0 Å². The highest BCUT2D eigenvalue weighted by atomic mass is 16.5. The molecule has 5 heteroatoms. The summed E-state index contributed by atoms with van der Waals surface area (Å²) in [6, 6.07) is 6.37. The van der Waals surface area contributed by atoms with Gasteiger partial charge in [-0.25, -0.2) is 4.79 Å². The first kappa shape index (κ1) is 15.2. The average molecular weight is 305 g/mol. The van der Waals surface area contributed by atoms with Crippen LogP contribution in [0, 0.1) is 6.92 Å². The molecule has 3 rings (SSSR count). The zero-order valence-corrected chi connectivity index (χ0v) is 13.1. The van der Waals surface area contributed by atoms with Crippen molar-refractivity contribution in [3.05, 3.63) is 29.3 Å². The predicted octanol–water partition coefficient (Wildman–Crippen LogP) is 3.19. The van der Waals surface area contributed by atoms with Crippen molar-refractivity contribution in [2.45, 2.75) is 57.4 Å². The molecule has 5 nitrogen and oxygen atoms in total. The van der Waals surface area contributed by atoms with Crippen molar-refractivity contribution in [3.8, 4) is 5.75 Å². The molecule has 2 bridgehead atoms. The van der Waals surface area contributed by atoms with Crippen LogP contribution in [0.15, 0.2) is 18.2 Å². The molecule has 22 heavy (non-hydrogen) atoms. The normalized spacial score (nSPS) is 27.0. The molecule has 1 aromatic rings. The summed E-state index contributed by atoms with van der Waals surface area (Å²) >= 11 is 0. The molecule has 1 amide bonds. The molecule has 0 aliphatic carbocycles. The minimum Gasteiger partial charge on any atom is -0.490 e. The fraction of sp³-hybridized carbons (Fsp3) is 0.588. The van der Waals surface area contributed by atoms with Crippen molar-refractivity contribution in [2.24, 2.45) is 0 Å². The summed E-state index contributed by atoms with van der Waals surface area (Å²) in [6.45, 7) is 2.61. The Kier molecular flexibility index (Phi) is 4.25. The number of rotatable bonds is 4. The zero-order chi connectivity index (χ0) is 15.7. The summed E-state index contributed by atoms with van der Waals surface area (Å²) in [5.74, 6) is 0.861. The van der Waals surface area contributed by atoms with Gasteiger partial charge in [0.1, 0.15) is 11.9 Å². The van der Waals surface area contributed by atoms with E-state index in [0.29, 0.717) is 6.61 Å². The van der Waals surface area contributed by atoms with Crippen molar-refractivity contribution in [1.29, 1.82) is 0 Å². The first-order valence-electron chi connectivity index (χ1n) is 7.84. The Balaban J connectivity index is 1.69. The van der Waals surface area contributed by atoms with Crippen LogP contribution in [-0.4, -0.2) is 41.4 Å². The number of benzene rings is 1. The number of nitrogens with zero attached hydrogens (tertiary/aromatic N) is 1. The van der Waals surface area contributed by atoms with Crippen LogP contribution in [0.4, 0.5) is 4.79 Å². The van der Waals surface area contributed by atoms with Crippen LogP contribution in [-0.2, 0) is 11.3 Å². The number of methoxy groups -OCH3 is 1. The maximum Gasteiger partial charge on any atom is 0.407 e. The number of carboxylic acid groups (broad SMARTS) is 1. The zero-order valence-electron chi connectivity index (χ0n) is 13.1. The minimum absolute atomic E-state index is 0.102. The van der Waals surface area contributed by atoms with Gasteiger partial charge < -0.3 is 19.5 Å². The van der Waals surface area contributed by atoms with Gasteiger partial charge in [-0.05, 0) is 43.0 Å². The van der Waals surface area contributed by atoms with Gasteiger partial charge in [-0.1, -0.05) is 6.07 Å². The van der Waals surface area contributed by atoms with E-state index in [1.165, 1.54) is 0 Å². The summed E-state index contributed by atoms with van der Waals surface area (Å²) in [5.41, 5.74) is 2.25. The topological polar surface area (TPSA) is 59.0 Å². The van der Waals surface area contributed by atoms with Gasteiger partial charge in [0, 0.05) is 32.0 Å². The second-order valence-electron chi connectivity index (χ2n) is 6.37. The second kappa shape index (κ2) is 6.16. The van der Waals surface area contributed by atoms with Crippen LogP contribution >= 0.6 is 0 Å². The lowest BCUT2D eigenvalue weighted by atomic mass is 10.00. The lowest BCUT2D eigenvalue weighted by Crippen LogP contribution is -2.48. The highest BCUT2D eigenvalue weighted by Gasteiger charge is 2.44. The first-order valence-corrected chi connectivity index (χ1v) is 7.84.